The Morgan fingerprint density at radius 2 is 0.929 bits per heavy atom. The molecule has 4 aliphatic rings. The molecule has 3 atom stereocenters. The molecule has 3 unspecified atom stereocenters. The second-order valence-corrected chi connectivity index (χ2v) is 34.2. The minimum atomic E-state index is -3.07. The van der Waals surface area contributed by atoms with Gasteiger partial charge in [-0.2, -0.15) is 15.0 Å². The summed E-state index contributed by atoms with van der Waals surface area (Å²) >= 11 is 0. The van der Waals surface area contributed by atoms with Crippen LogP contribution >= 0.6 is 0 Å². The van der Waals surface area contributed by atoms with Crippen molar-refractivity contribution in [1.29, 1.82) is 14.3 Å². The number of hydrogen-bond acceptors (Lipinski definition) is 23. The van der Waals surface area contributed by atoms with Crippen molar-refractivity contribution < 1.29 is 40.9 Å². The highest BCUT2D eigenvalue weighted by atomic mass is 32.2. The van der Waals surface area contributed by atoms with Crippen LogP contribution in [-0.2, 0) is 39.4 Å². The first-order chi connectivity index (χ1) is 54.4. The van der Waals surface area contributed by atoms with E-state index in [1.807, 2.05) is 99.6 Å². The van der Waals surface area contributed by atoms with Gasteiger partial charge in [0.1, 0.15) is 34.8 Å². The number of rotatable bonds is 13. The van der Waals surface area contributed by atoms with Crippen LogP contribution in [-0.4, -0.2) is 148 Å². The number of nitrogens with zero attached hydrogens (tertiary/aromatic N) is 8. The highest BCUT2D eigenvalue weighted by Crippen LogP contribution is 2.50. The fraction of sp³-hybridized carbons (Fsp3) is 0.296. The molecular formula is C81H93FN20O8S3. The Morgan fingerprint density at radius 1 is 0.496 bits per heavy atom. The molecule has 590 valence electrons. The number of halogens is 1. The molecule has 12 bridgehead atoms. The van der Waals surface area contributed by atoms with Gasteiger partial charge in [-0.3, -0.25) is 4.79 Å². The fourth-order valence-corrected chi connectivity index (χ4v) is 17.3. The van der Waals surface area contributed by atoms with E-state index in [0.717, 1.165) is 64.1 Å². The van der Waals surface area contributed by atoms with E-state index in [4.69, 9.17) is 38.8 Å². The van der Waals surface area contributed by atoms with Crippen molar-refractivity contribution in [3.8, 4) is 44.9 Å². The maximum atomic E-state index is 14.4. The lowest BCUT2D eigenvalue weighted by Gasteiger charge is -2.20. The van der Waals surface area contributed by atoms with Gasteiger partial charge in [-0.05, 0) is 186 Å². The lowest BCUT2D eigenvalue weighted by molar-refractivity contribution is -0.118. The highest BCUT2D eigenvalue weighted by Gasteiger charge is 2.52. The van der Waals surface area contributed by atoms with Crippen LogP contribution in [0.5, 0.6) is 11.5 Å². The molecule has 0 saturated heterocycles. The molecule has 14 rings (SSSR count). The number of methoxy groups -OCH3 is 1. The predicted octanol–water partition coefficient (Wildman–Crippen LogP) is 16.7. The zero-order valence-corrected chi connectivity index (χ0v) is 66.2. The molecule has 1 fully saturated rings. The monoisotopic (exact) mass is 1590 g/mol. The molecule has 28 nitrogen and oxygen atoms in total. The van der Waals surface area contributed by atoms with Crippen molar-refractivity contribution in [3.05, 3.63) is 188 Å². The maximum absolute atomic E-state index is 14.4. The number of fused-ring (bicyclic) bond motifs is 12. The smallest absolute Gasteiger partial charge is 0.321 e. The SMILES string of the molecule is CCN(CC)C(=O)Nc1cc2cc(c1)S(=N)(=O)CCCCNc1nc(ncc1-c1ccc(OC)cc1)N2.CCOc1ccc(-c2cnc3nc2NCCCCS(=N)(=O)c2cc(NC(=O)N(C)C)cc(c2)N3)cc1.N=S1(=O)CCCCNc2nc(ncc2-c2ccc(NC(=O)C3(c4ccccc4F)CC3)cc2)Nc2cccc1c2. The lowest BCUT2D eigenvalue weighted by Crippen LogP contribution is -2.34. The Morgan fingerprint density at radius 3 is 1.37 bits per heavy atom. The van der Waals surface area contributed by atoms with Crippen molar-refractivity contribution in [1.82, 2.24) is 39.7 Å². The number of benzene rings is 7. The van der Waals surface area contributed by atoms with Crippen LogP contribution in [0.1, 0.15) is 77.7 Å². The highest BCUT2D eigenvalue weighted by molar-refractivity contribution is 7.93. The third kappa shape index (κ3) is 20.4. The van der Waals surface area contributed by atoms with E-state index in [1.54, 1.807) is 117 Å². The van der Waals surface area contributed by atoms with Crippen LogP contribution < -0.4 is 57.3 Å². The third-order valence-electron chi connectivity index (χ3n) is 19.2. The molecule has 3 aliphatic heterocycles. The van der Waals surface area contributed by atoms with Gasteiger partial charge in [0.15, 0.2) is 0 Å². The zero-order chi connectivity index (χ0) is 79.9. The average Bonchev–Trinajstić information content (AvgIpc) is 1.59. The van der Waals surface area contributed by atoms with Gasteiger partial charge in [-0.15, -0.1) is 0 Å². The predicted molar refractivity (Wildman–Crippen MR) is 445 cm³/mol. The molecule has 6 heterocycles. The van der Waals surface area contributed by atoms with E-state index in [0.29, 0.717) is 167 Å². The summed E-state index contributed by atoms with van der Waals surface area (Å²) in [5.74, 6) is 4.76. The van der Waals surface area contributed by atoms with E-state index >= 15 is 0 Å². The summed E-state index contributed by atoms with van der Waals surface area (Å²) in [6.45, 7) is 9.30. The summed E-state index contributed by atoms with van der Waals surface area (Å²) in [6.07, 6.45) is 10.5. The number of carbonyl (C=O) groups excluding carboxylic acids is 3. The van der Waals surface area contributed by atoms with Gasteiger partial charge in [-0.1, -0.05) is 60.7 Å². The van der Waals surface area contributed by atoms with E-state index < -0.39 is 34.6 Å². The third-order valence-corrected chi connectivity index (χ3v) is 24.8. The van der Waals surface area contributed by atoms with Gasteiger partial charge in [0.2, 0.25) is 23.8 Å². The molecule has 113 heavy (non-hydrogen) atoms. The Labute approximate surface area is 658 Å². The van der Waals surface area contributed by atoms with Crippen LogP contribution in [0.3, 0.4) is 0 Å². The maximum Gasteiger partial charge on any atom is 0.321 e. The Bertz CT molecular complexity index is 5450. The number of ether oxygens (including phenoxy) is 2. The Hall–Kier alpha value is -12.0. The molecular weight excluding hydrogens is 1500 g/mol. The van der Waals surface area contributed by atoms with Gasteiger partial charge in [0, 0.05) is 144 Å². The topological polar surface area (TPSA) is 385 Å². The van der Waals surface area contributed by atoms with E-state index in [9.17, 15) is 31.4 Å². The summed E-state index contributed by atoms with van der Waals surface area (Å²) in [4.78, 5) is 69.9. The molecule has 5 amide bonds. The molecule has 1 saturated carbocycles. The second-order valence-electron chi connectivity index (χ2n) is 27.5. The molecule has 10 aromatic rings. The standard InChI is InChI=1S/C30H29FN6O2S.C26H33N7O3S.C25H31N7O3S/c31-26-9-2-1-8-25(26)30(14-15-30)28(38)35-21-12-10-20(11-13-21)24-19-34-29-36-22-6-5-7-23(18-22)40(32,39)17-4-3-16-33-27(24)37-29;1-4-33(5-2)26(34)31-20-14-19-15-22(16-20)37(27,35)13-7-6-12-28-24-23(17-29-25(30-19)32-24)18-8-10-21(36-3)11-9-18;1-4-35-20-9-7-17(8-10-20)22-16-28-24-29-18-13-19(30-25(33)32(2)3)15-21(14-18)36(26,34)12-6-5-11-27-23(22)31-24/h1-2,5-13,18-19,32H,3-4,14-17H2,(H,35,38)(H2,33,34,36,37);8-11,14-17,27H,4-7,12-13H2,1-3H3,(H,31,34)(H2,28,29,30,32);7-10,13-16,26H,4-6,11-12H2,1-3H3,(H,30,33)(H2,27,28,29,31). The fourth-order valence-electron chi connectivity index (χ4n) is 12.9. The summed E-state index contributed by atoms with van der Waals surface area (Å²) in [5, 5.41) is 28.2. The van der Waals surface area contributed by atoms with Crippen LogP contribution in [0.2, 0.25) is 0 Å². The molecule has 1 aliphatic carbocycles. The second kappa shape index (κ2) is 36.0. The molecule has 7 aromatic carbocycles. The Kier molecular flexibility index (Phi) is 25.6. The summed E-state index contributed by atoms with van der Waals surface area (Å²) in [6, 6.07) is 45.8. The van der Waals surface area contributed by atoms with Gasteiger partial charge in [0.25, 0.3) is 0 Å². The zero-order valence-electron chi connectivity index (χ0n) is 63.7. The first-order valence-corrected chi connectivity index (χ1v) is 42.5. The number of aromatic nitrogens is 6. The van der Waals surface area contributed by atoms with Gasteiger partial charge < -0.3 is 67.1 Å². The van der Waals surface area contributed by atoms with Crippen molar-refractivity contribution in [2.75, 3.05) is 126 Å². The number of carbonyl (C=O) groups is 3. The lowest BCUT2D eigenvalue weighted by atomic mass is 9.94. The van der Waals surface area contributed by atoms with Gasteiger partial charge in [0.05, 0.1) is 58.1 Å². The number of anilines is 12. The Balaban J connectivity index is 0.000000157. The number of amides is 5. The van der Waals surface area contributed by atoms with Crippen LogP contribution in [0.4, 0.5) is 83.4 Å². The van der Waals surface area contributed by atoms with Crippen LogP contribution in [0, 0.1) is 20.2 Å². The van der Waals surface area contributed by atoms with Gasteiger partial charge in [-0.25, -0.2) is 55.9 Å². The average molecular weight is 1590 g/mol. The van der Waals surface area contributed by atoms with Crippen LogP contribution in [0.15, 0.2) is 191 Å². The van der Waals surface area contributed by atoms with E-state index in [2.05, 4.69) is 62.8 Å². The quantitative estimate of drug-likeness (QED) is 0.0510. The summed E-state index contributed by atoms with van der Waals surface area (Å²) in [5.41, 5.74) is 8.11. The first kappa shape index (κ1) is 80.5. The number of nitrogens with one attached hydrogen (secondary N) is 12. The van der Waals surface area contributed by atoms with Crippen molar-refractivity contribution in [3.63, 3.8) is 0 Å². The van der Waals surface area contributed by atoms with Crippen molar-refractivity contribution in [2.24, 2.45) is 0 Å². The van der Waals surface area contributed by atoms with Gasteiger partial charge >= 0.3 is 12.1 Å². The normalized spacial score (nSPS) is 18.0. The minimum absolute atomic E-state index is 0.204. The number of urea groups is 2. The first-order valence-electron chi connectivity index (χ1n) is 37.3. The largest absolute Gasteiger partial charge is 0.497 e. The van der Waals surface area contributed by atoms with E-state index in [-0.39, 0.29) is 35.3 Å². The van der Waals surface area contributed by atoms with Crippen LogP contribution in [0.25, 0.3) is 33.4 Å². The molecule has 0 spiro atoms. The summed E-state index contributed by atoms with van der Waals surface area (Å²) < 4.78 is 90.2. The molecule has 32 heteroatoms. The van der Waals surface area contributed by atoms with Crippen molar-refractivity contribution in [2.45, 2.75) is 92.2 Å². The molecule has 12 N–H and O–H groups in total. The minimum Gasteiger partial charge on any atom is -0.497 e. The summed E-state index contributed by atoms with van der Waals surface area (Å²) in [7, 11) is -4.11. The van der Waals surface area contributed by atoms with Crippen molar-refractivity contribution >= 4 is 117 Å². The van der Waals surface area contributed by atoms with E-state index in [1.165, 1.54) is 11.0 Å². The number of hydrogen-bond donors (Lipinski definition) is 12. The molecule has 3 aromatic heterocycles. The molecule has 0 radical (unpaired) electrons.